The molecule has 0 aromatic heterocycles. The lowest BCUT2D eigenvalue weighted by Gasteiger charge is -2.13. The minimum Gasteiger partial charge on any atom is -0.354 e. The quantitative estimate of drug-likeness (QED) is 0.571. The molecule has 9 heteroatoms. The molecule has 1 rings (SSSR count). The van der Waals surface area contributed by atoms with Gasteiger partial charge in [0.1, 0.15) is 0 Å². The summed E-state index contributed by atoms with van der Waals surface area (Å²) >= 11 is 6.05. The van der Waals surface area contributed by atoms with Gasteiger partial charge in [-0.1, -0.05) is 18.0 Å². The number of nitrogens with zero attached hydrogens (tertiary/aromatic N) is 1. The van der Waals surface area contributed by atoms with E-state index in [2.05, 4.69) is 10.6 Å². The van der Waals surface area contributed by atoms with Crippen LogP contribution in [0.1, 0.15) is 49.9 Å². The third kappa shape index (κ3) is 7.48. The third-order valence-corrected chi connectivity index (χ3v) is 5.92. The summed E-state index contributed by atoms with van der Waals surface area (Å²) in [7, 11) is -0.799. The van der Waals surface area contributed by atoms with E-state index in [1.807, 2.05) is 13.8 Å². The first-order valence-electron chi connectivity index (χ1n) is 8.85. The second-order valence-corrected chi connectivity index (χ2v) is 9.28. The molecule has 0 atom stereocenters. The van der Waals surface area contributed by atoms with Gasteiger partial charge in [0.15, 0.2) is 0 Å². The molecule has 0 unspecified atom stereocenters. The Hall–Kier alpha value is -1.64. The van der Waals surface area contributed by atoms with E-state index in [0.29, 0.717) is 19.4 Å². The molecule has 2 amide bonds. The monoisotopic (exact) mass is 417 g/mol. The molecular formula is C18H28ClN3O4S. The number of halogens is 1. The van der Waals surface area contributed by atoms with Crippen LogP contribution in [0.2, 0.25) is 5.02 Å². The zero-order valence-corrected chi connectivity index (χ0v) is 17.8. The van der Waals surface area contributed by atoms with Crippen LogP contribution in [0, 0.1) is 0 Å². The van der Waals surface area contributed by atoms with Crippen LogP contribution in [0.4, 0.5) is 0 Å². The van der Waals surface area contributed by atoms with Gasteiger partial charge in [0.2, 0.25) is 15.9 Å². The molecule has 1 aromatic rings. The van der Waals surface area contributed by atoms with Crippen molar-refractivity contribution in [3.05, 3.63) is 28.8 Å². The Labute approximate surface area is 166 Å². The maximum Gasteiger partial charge on any atom is 0.252 e. The summed E-state index contributed by atoms with van der Waals surface area (Å²) in [6.45, 7) is 4.25. The number of hydrogen-bond donors (Lipinski definition) is 2. The van der Waals surface area contributed by atoms with Crippen molar-refractivity contribution in [1.82, 2.24) is 14.9 Å². The number of nitrogens with one attached hydrogen (secondary N) is 2. The highest BCUT2D eigenvalue weighted by molar-refractivity contribution is 7.89. The molecule has 27 heavy (non-hydrogen) atoms. The lowest BCUT2D eigenvalue weighted by molar-refractivity contribution is -0.121. The lowest BCUT2D eigenvalue weighted by atomic mass is 10.1. The number of sulfonamides is 1. The molecule has 0 heterocycles. The summed E-state index contributed by atoms with van der Waals surface area (Å²) in [5.41, 5.74) is 0.121. The van der Waals surface area contributed by atoms with Crippen molar-refractivity contribution >= 4 is 33.4 Å². The van der Waals surface area contributed by atoms with Crippen molar-refractivity contribution in [2.45, 2.75) is 50.5 Å². The Morgan fingerprint density at radius 1 is 1.15 bits per heavy atom. The topological polar surface area (TPSA) is 95.6 Å². The molecule has 0 aliphatic carbocycles. The Kier molecular flexibility index (Phi) is 9.21. The van der Waals surface area contributed by atoms with Crippen molar-refractivity contribution < 1.29 is 18.0 Å². The molecule has 152 valence electrons. The fourth-order valence-corrected chi connectivity index (χ4v) is 3.46. The van der Waals surface area contributed by atoms with Gasteiger partial charge in [0.05, 0.1) is 15.5 Å². The van der Waals surface area contributed by atoms with Gasteiger partial charge in [-0.15, -0.1) is 0 Å². The fourth-order valence-electron chi connectivity index (χ4n) is 2.33. The molecule has 0 fully saturated rings. The van der Waals surface area contributed by atoms with Crippen molar-refractivity contribution in [1.29, 1.82) is 0 Å². The summed E-state index contributed by atoms with van der Waals surface area (Å²) in [5.74, 6) is -0.395. The molecule has 0 bridgehead atoms. The number of carbonyl (C=O) groups excluding carboxylic acids is 2. The first kappa shape index (κ1) is 23.4. The number of carbonyl (C=O) groups is 2. The molecule has 0 spiro atoms. The van der Waals surface area contributed by atoms with E-state index in [1.54, 1.807) is 0 Å². The van der Waals surface area contributed by atoms with Crippen molar-refractivity contribution in [3.63, 3.8) is 0 Å². The van der Waals surface area contributed by atoms with Crippen LogP contribution >= 0.6 is 11.6 Å². The van der Waals surface area contributed by atoms with E-state index in [9.17, 15) is 18.0 Å². The number of hydrogen-bond acceptors (Lipinski definition) is 4. The van der Waals surface area contributed by atoms with Gasteiger partial charge in [-0.2, -0.15) is 0 Å². The molecule has 0 radical (unpaired) electrons. The lowest BCUT2D eigenvalue weighted by Crippen LogP contribution is -2.29. The molecule has 0 saturated heterocycles. The van der Waals surface area contributed by atoms with Gasteiger partial charge in [0.25, 0.3) is 5.91 Å². The molecule has 1 aromatic carbocycles. The number of unbranched alkanes of at least 4 members (excludes halogenated alkanes) is 2. The fraction of sp³-hybridized carbons (Fsp3) is 0.556. The molecular weight excluding hydrogens is 390 g/mol. The van der Waals surface area contributed by atoms with Crippen LogP contribution in [0.3, 0.4) is 0 Å². The second-order valence-electron chi connectivity index (χ2n) is 6.72. The highest BCUT2D eigenvalue weighted by Gasteiger charge is 2.20. The first-order valence-corrected chi connectivity index (χ1v) is 10.7. The minimum atomic E-state index is -3.64. The van der Waals surface area contributed by atoms with Gasteiger partial charge >= 0.3 is 0 Å². The molecule has 2 N–H and O–H groups in total. The smallest absolute Gasteiger partial charge is 0.252 e. The molecule has 0 aliphatic heterocycles. The van der Waals surface area contributed by atoms with Crippen molar-refractivity contribution in [3.8, 4) is 0 Å². The Balaban J connectivity index is 2.53. The van der Waals surface area contributed by atoms with Crippen LogP contribution in [-0.4, -0.2) is 51.2 Å². The normalized spacial score (nSPS) is 11.7. The maximum absolute atomic E-state index is 12.3. The molecule has 0 aliphatic rings. The van der Waals surface area contributed by atoms with Crippen LogP contribution in [0.25, 0.3) is 0 Å². The number of benzene rings is 1. The Bertz CT molecular complexity index is 764. The van der Waals surface area contributed by atoms with Gasteiger partial charge in [-0.3, -0.25) is 9.59 Å². The summed E-state index contributed by atoms with van der Waals surface area (Å²) in [4.78, 5) is 23.9. The van der Waals surface area contributed by atoms with Crippen molar-refractivity contribution in [2.75, 3.05) is 20.6 Å². The summed E-state index contributed by atoms with van der Waals surface area (Å²) < 4.78 is 25.5. The van der Waals surface area contributed by atoms with E-state index < -0.39 is 15.9 Å². The standard InChI is InChI=1S/C18H28ClN3O4S/c1-13(2)21-17(23)8-6-5-7-11-20-18(24)15-12-14(9-10-16(15)19)27(25,26)22(3)4/h9-10,12-13H,5-8,11H2,1-4H3,(H,20,24)(H,21,23). The maximum atomic E-state index is 12.3. The summed E-state index contributed by atoms with van der Waals surface area (Å²) in [6, 6.07) is 4.19. The zero-order valence-electron chi connectivity index (χ0n) is 16.2. The van der Waals surface area contributed by atoms with E-state index >= 15 is 0 Å². The van der Waals surface area contributed by atoms with Crippen LogP contribution < -0.4 is 10.6 Å². The Morgan fingerprint density at radius 2 is 1.81 bits per heavy atom. The number of amides is 2. The predicted molar refractivity (Wildman–Crippen MR) is 106 cm³/mol. The van der Waals surface area contributed by atoms with E-state index in [-0.39, 0.29) is 27.4 Å². The second kappa shape index (κ2) is 10.6. The highest BCUT2D eigenvalue weighted by atomic mass is 35.5. The average Bonchev–Trinajstić information content (AvgIpc) is 2.57. The molecule has 7 nitrogen and oxygen atoms in total. The highest BCUT2D eigenvalue weighted by Crippen LogP contribution is 2.22. The van der Waals surface area contributed by atoms with Gasteiger partial charge < -0.3 is 10.6 Å². The van der Waals surface area contributed by atoms with Crippen LogP contribution in [-0.2, 0) is 14.8 Å². The van der Waals surface area contributed by atoms with Gasteiger partial charge in [-0.05, 0) is 44.9 Å². The SMILES string of the molecule is CC(C)NC(=O)CCCCCNC(=O)c1cc(S(=O)(=O)N(C)C)ccc1Cl. The van der Waals surface area contributed by atoms with E-state index in [4.69, 9.17) is 11.6 Å². The third-order valence-electron chi connectivity index (χ3n) is 3.78. The molecule has 0 saturated carbocycles. The minimum absolute atomic E-state index is 0.0122. The van der Waals surface area contributed by atoms with Gasteiger partial charge in [0, 0.05) is 33.1 Å². The summed E-state index contributed by atoms with van der Waals surface area (Å²) in [6.07, 6.45) is 2.72. The zero-order chi connectivity index (χ0) is 20.6. The Morgan fingerprint density at radius 3 is 2.41 bits per heavy atom. The average molecular weight is 418 g/mol. The van der Waals surface area contributed by atoms with E-state index in [1.165, 1.54) is 32.3 Å². The largest absolute Gasteiger partial charge is 0.354 e. The predicted octanol–water partition coefficient (Wildman–Crippen LogP) is 2.41. The first-order chi connectivity index (χ1) is 12.6. The number of rotatable bonds is 10. The van der Waals surface area contributed by atoms with Crippen molar-refractivity contribution in [2.24, 2.45) is 0 Å². The van der Waals surface area contributed by atoms with Crippen LogP contribution in [0.5, 0.6) is 0 Å². The van der Waals surface area contributed by atoms with E-state index in [0.717, 1.165) is 17.1 Å². The van der Waals surface area contributed by atoms with Crippen LogP contribution in [0.15, 0.2) is 23.1 Å². The van der Waals surface area contributed by atoms with Gasteiger partial charge in [-0.25, -0.2) is 12.7 Å². The summed E-state index contributed by atoms with van der Waals surface area (Å²) in [5, 5.41) is 5.76.